The average Bonchev–Trinajstić information content (AvgIpc) is 2.70. The van der Waals surface area contributed by atoms with Crippen LogP contribution in [0.3, 0.4) is 0 Å². The molecule has 0 radical (unpaired) electrons. The minimum absolute atomic E-state index is 0.147. The molecule has 0 saturated carbocycles. The van der Waals surface area contributed by atoms with Gasteiger partial charge in [-0.25, -0.2) is 4.39 Å². The van der Waals surface area contributed by atoms with Gasteiger partial charge in [0.2, 0.25) is 0 Å². The molecule has 0 aliphatic heterocycles. The van der Waals surface area contributed by atoms with Crippen LogP contribution < -0.4 is 4.74 Å². The quantitative estimate of drug-likeness (QED) is 0.424. The number of hydrogen-bond acceptors (Lipinski definition) is 1. The van der Waals surface area contributed by atoms with E-state index in [1.807, 2.05) is 73.7 Å². The van der Waals surface area contributed by atoms with Crippen LogP contribution in [-0.4, -0.2) is 6.61 Å². The highest BCUT2D eigenvalue weighted by Gasteiger charge is 2.10. The van der Waals surface area contributed by atoms with Crippen molar-refractivity contribution in [3.63, 3.8) is 0 Å². The number of hydrogen-bond donors (Lipinski definition) is 0. The molecule has 27 heavy (non-hydrogen) atoms. The van der Waals surface area contributed by atoms with Crippen LogP contribution in [0.4, 0.5) is 4.39 Å². The molecule has 0 spiro atoms. The van der Waals surface area contributed by atoms with Crippen LogP contribution in [-0.2, 0) is 6.42 Å². The highest BCUT2D eigenvalue weighted by molar-refractivity contribution is 5.70. The van der Waals surface area contributed by atoms with Crippen LogP contribution in [0.25, 0.3) is 12.2 Å². The lowest BCUT2D eigenvalue weighted by molar-refractivity contribution is 0.340. The fourth-order valence-corrected chi connectivity index (χ4v) is 3.10. The second-order valence-corrected chi connectivity index (χ2v) is 6.70. The molecule has 0 bridgehead atoms. The van der Waals surface area contributed by atoms with Crippen LogP contribution in [0.15, 0.2) is 72.8 Å². The van der Waals surface area contributed by atoms with Crippen molar-refractivity contribution in [1.82, 2.24) is 0 Å². The van der Waals surface area contributed by atoms with Gasteiger partial charge in [0.15, 0.2) is 0 Å². The first-order chi connectivity index (χ1) is 13.2. The van der Waals surface area contributed by atoms with Gasteiger partial charge in [0, 0.05) is 0 Å². The van der Waals surface area contributed by atoms with Crippen LogP contribution in [0.2, 0.25) is 0 Å². The molecule has 0 unspecified atom stereocenters. The maximum Gasteiger partial charge on any atom is 0.127 e. The summed E-state index contributed by atoms with van der Waals surface area (Å²) in [7, 11) is 0. The molecule has 3 aromatic carbocycles. The molecule has 3 aromatic rings. The fraction of sp³-hybridized carbons (Fsp3) is 0.200. The fourth-order valence-electron chi connectivity index (χ4n) is 3.10. The third kappa shape index (κ3) is 5.30. The topological polar surface area (TPSA) is 9.23 Å². The van der Waals surface area contributed by atoms with Gasteiger partial charge in [0.05, 0.1) is 6.61 Å². The Hall–Kier alpha value is -2.87. The summed E-state index contributed by atoms with van der Waals surface area (Å²) in [5.74, 6) is 0.996. The summed E-state index contributed by atoms with van der Waals surface area (Å²) in [6, 6.07) is 23.6. The zero-order chi connectivity index (χ0) is 19.1. The van der Waals surface area contributed by atoms with Crippen molar-refractivity contribution in [2.24, 2.45) is 0 Å². The normalized spacial score (nSPS) is 12.3. The first-order valence-corrected chi connectivity index (χ1v) is 9.40. The Bertz CT molecular complexity index is 882. The van der Waals surface area contributed by atoms with Gasteiger partial charge >= 0.3 is 0 Å². The first-order valence-electron chi connectivity index (χ1n) is 9.40. The minimum Gasteiger partial charge on any atom is -0.494 e. The third-order valence-corrected chi connectivity index (χ3v) is 4.63. The molecule has 0 N–H and O–H groups in total. The lowest BCUT2D eigenvalue weighted by Crippen LogP contribution is -2.00. The molecule has 2 heteroatoms. The van der Waals surface area contributed by atoms with E-state index < -0.39 is 0 Å². The summed E-state index contributed by atoms with van der Waals surface area (Å²) in [5.41, 5.74) is 3.90. The van der Waals surface area contributed by atoms with Gasteiger partial charge in [-0.15, -0.1) is 0 Å². The van der Waals surface area contributed by atoms with Gasteiger partial charge in [-0.05, 0) is 59.7 Å². The van der Waals surface area contributed by atoms with E-state index in [1.165, 1.54) is 5.56 Å². The van der Waals surface area contributed by atoms with E-state index in [0.29, 0.717) is 13.0 Å². The largest absolute Gasteiger partial charge is 0.494 e. The molecule has 1 nitrogen and oxygen atoms in total. The van der Waals surface area contributed by atoms with Gasteiger partial charge < -0.3 is 4.74 Å². The molecule has 0 amide bonds. The maximum absolute atomic E-state index is 14.5. The van der Waals surface area contributed by atoms with Gasteiger partial charge in [0.25, 0.3) is 0 Å². The van der Waals surface area contributed by atoms with Crippen LogP contribution in [0, 0.1) is 5.82 Å². The van der Waals surface area contributed by atoms with Crippen molar-refractivity contribution in [1.29, 1.82) is 0 Å². The van der Waals surface area contributed by atoms with E-state index in [2.05, 4.69) is 19.1 Å². The first kappa shape index (κ1) is 18.9. The predicted molar refractivity (Wildman–Crippen MR) is 112 cm³/mol. The molecular weight excluding hydrogens is 335 g/mol. The third-order valence-electron chi connectivity index (χ3n) is 4.63. The summed E-state index contributed by atoms with van der Waals surface area (Å²) in [5, 5.41) is 0. The van der Waals surface area contributed by atoms with Gasteiger partial charge in [-0.1, -0.05) is 73.7 Å². The molecule has 138 valence electrons. The van der Waals surface area contributed by atoms with Crippen molar-refractivity contribution < 1.29 is 9.13 Å². The number of halogens is 1. The summed E-state index contributed by atoms with van der Waals surface area (Å²) >= 11 is 0. The SMILES string of the molecule is CCOc1ccc(C=Cc2ccc(C[C@H](C)c3ccccc3)c(F)c2)cc1. The van der Waals surface area contributed by atoms with Gasteiger partial charge in [-0.3, -0.25) is 0 Å². The van der Waals surface area contributed by atoms with Crippen molar-refractivity contribution in [3.05, 3.63) is 101 Å². The molecule has 0 aromatic heterocycles. The van der Waals surface area contributed by atoms with E-state index >= 15 is 0 Å². The molecule has 0 heterocycles. The van der Waals surface area contributed by atoms with Crippen LogP contribution in [0.5, 0.6) is 5.75 Å². The van der Waals surface area contributed by atoms with Crippen molar-refractivity contribution >= 4 is 12.2 Å². The van der Waals surface area contributed by atoms with Gasteiger partial charge in [-0.2, -0.15) is 0 Å². The number of benzene rings is 3. The van der Waals surface area contributed by atoms with Gasteiger partial charge in [0.1, 0.15) is 11.6 Å². The molecule has 1 atom stereocenters. The summed E-state index contributed by atoms with van der Waals surface area (Å²) < 4.78 is 20.0. The average molecular weight is 360 g/mol. The molecule has 0 aliphatic rings. The van der Waals surface area contributed by atoms with Crippen molar-refractivity contribution in [2.45, 2.75) is 26.2 Å². The Morgan fingerprint density at radius 3 is 2.22 bits per heavy atom. The molecule has 3 rings (SSSR count). The Morgan fingerprint density at radius 2 is 1.56 bits per heavy atom. The highest BCUT2D eigenvalue weighted by Crippen LogP contribution is 2.23. The Kier molecular flexibility index (Phi) is 6.43. The molecular formula is C25H25FO. The lowest BCUT2D eigenvalue weighted by Gasteiger charge is -2.13. The zero-order valence-electron chi connectivity index (χ0n) is 15.9. The van der Waals surface area contributed by atoms with E-state index in [1.54, 1.807) is 6.07 Å². The lowest BCUT2D eigenvalue weighted by atomic mass is 9.93. The Balaban J connectivity index is 1.67. The Labute approximate surface area is 161 Å². The van der Waals surface area contributed by atoms with E-state index in [0.717, 1.165) is 22.4 Å². The summed E-state index contributed by atoms with van der Waals surface area (Å²) in [4.78, 5) is 0. The monoisotopic (exact) mass is 360 g/mol. The van der Waals surface area contributed by atoms with Crippen LogP contribution >= 0.6 is 0 Å². The van der Waals surface area contributed by atoms with E-state index in [-0.39, 0.29) is 11.7 Å². The zero-order valence-corrected chi connectivity index (χ0v) is 15.9. The number of ether oxygens (including phenoxy) is 1. The molecule has 0 fully saturated rings. The maximum atomic E-state index is 14.5. The number of rotatable bonds is 7. The predicted octanol–water partition coefficient (Wildman–Crippen LogP) is 6.74. The van der Waals surface area contributed by atoms with Crippen LogP contribution in [0.1, 0.15) is 42.0 Å². The van der Waals surface area contributed by atoms with E-state index in [4.69, 9.17) is 4.74 Å². The summed E-state index contributed by atoms with van der Waals surface area (Å²) in [6.45, 7) is 4.75. The standard InChI is InChI=1S/C25H25FO/c1-3-27-24-15-12-20(13-16-24)9-10-21-11-14-23(25(26)18-21)17-19(2)22-7-5-4-6-8-22/h4-16,18-19H,3,17H2,1-2H3/t19-/m0/s1. The minimum atomic E-state index is -0.147. The summed E-state index contributed by atoms with van der Waals surface area (Å²) in [6.07, 6.45) is 4.61. The smallest absolute Gasteiger partial charge is 0.127 e. The molecule has 0 saturated heterocycles. The van der Waals surface area contributed by atoms with Crippen molar-refractivity contribution in [3.8, 4) is 5.75 Å². The molecule has 0 aliphatic carbocycles. The highest BCUT2D eigenvalue weighted by atomic mass is 19.1. The Morgan fingerprint density at radius 1 is 0.889 bits per heavy atom. The second kappa shape index (κ2) is 9.18. The van der Waals surface area contributed by atoms with E-state index in [9.17, 15) is 4.39 Å². The second-order valence-electron chi connectivity index (χ2n) is 6.70. The van der Waals surface area contributed by atoms with Crippen molar-refractivity contribution in [2.75, 3.05) is 6.61 Å².